The van der Waals surface area contributed by atoms with Crippen molar-refractivity contribution in [1.29, 1.82) is 0 Å². The second-order valence-electron chi connectivity index (χ2n) is 4.55. The van der Waals surface area contributed by atoms with Crippen LogP contribution in [0, 0.1) is 5.92 Å². The Labute approximate surface area is 99.3 Å². The van der Waals surface area contributed by atoms with Crippen LogP contribution in [0.4, 0.5) is 0 Å². The zero-order valence-corrected chi connectivity index (χ0v) is 11.1. The van der Waals surface area contributed by atoms with Gasteiger partial charge in [0.2, 0.25) is 0 Å². The van der Waals surface area contributed by atoms with E-state index >= 15 is 0 Å². The second-order valence-corrected chi connectivity index (χ2v) is 5.64. The molecule has 98 valence electrons. The summed E-state index contributed by atoms with van der Waals surface area (Å²) in [5.41, 5.74) is 0. The van der Waals surface area contributed by atoms with Crippen LogP contribution in [-0.2, 0) is 14.6 Å². The van der Waals surface area contributed by atoms with Gasteiger partial charge >= 0.3 is 10.4 Å². The van der Waals surface area contributed by atoms with Crippen LogP contribution in [0.15, 0.2) is 0 Å². The molecule has 0 aromatic rings. The Morgan fingerprint density at radius 2 is 1.50 bits per heavy atom. The van der Waals surface area contributed by atoms with Crippen molar-refractivity contribution >= 4 is 10.4 Å². The third-order valence-corrected chi connectivity index (χ3v) is 2.87. The Balaban J connectivity index is 3.10. The van der Waals surface area contributed by atoms with Gasteiger partial charge in [0.05, 0.1) is 6.61 Å². The SMILES string of the molecule is CC(C)CCCCCCCCOS(=O)(=O)O. The maximum absolute atomic E-state index is 10.2. The first kappa shape index (κ1) is 15.9. The lowest BCUT2D eigenvalue weighted by Gasteiger charge is -2.04. The molecule has 0 unspecified atom stereocenters. The van der Waals surface area contributed by atoms with Gasteiger partial charge in [0, 0.05) is 0 Å². The third kappa shape index (κ3) is 13.9. The summed E-state index contributed by atoms with van der Waals surface area (Å²) in [6, 6.07) is 0. The van der Waals surface area contributed by atoms with Gasteiger partial charge in [-0.2, -0.15) is 8.42 Å². The summed E-state index contributed by atoms with van der Waals surface area (Å²) < 4.78 is 32.9. The molecule has 0 radical (unpaired) electrons. The highest BCUT2D eigenvalue weighted by Crippen LogP contribution is 2.11. The Hall–Kier alpha value is -0.130. The summed E-state index contributed by atoms with van der Waals surface area (Å²) in [5, 5.41) is 0. The van der Waals surface area contributed by atoms with Gasteiger partial charge in [-0.3, -0.25) is 4.55 Å². The molecule has 0 fully saturated rings. The molecule has 0 bridgehead atoms. The molecule has 0 atom stereocenters. The van der Waals surface area contributed by atoms with Gasteiger partial charge in [0.15, 0.2) is 0 Å². The number of unbranched alkanes of at least 4 members (excludes halogenated alkanes) is 5. The monoisotopic (exact) mass is 252 g/mol. The molecule has 0 heterocycles. The molecule has 0 aliphatic rings. The van der Waals surface area contributed by atoms with Crippen molar-refractivity contribution in [3.63, 3.8) is 0 Å². The van der Waals surface area contributed by atoms with E-state index in [1.807, 2.05) is 0 Å². The molecule has 0 aliphatic heterocycles. The normalized spacial score (nSPS) is 12.2. The Morgan fingerprint density at radius 3 is 2.00 bits per heavy atom. The lowest BCUT2D eigenvalue weighted by atomic mass is 10.0. The zero-order valence-electron chi connectivity index (χ0n) is 10.3. The molecular formula is C11H24O4S. The van der Waals surface area contributed by atoms with Crippen LogP contribution in [0.1, 0.15) is 58.8 Å². The van der Waals surface area contributed by atoms with Crippen LogP contribution in [0.2, 0.25) is 0 Å². The maximum atomic E-state index is 10.2. The first-order chi connectivity index (χ1) is 7.42. The quantitative estimate of drug-likeness (QED) is 0.479. The molecule has 0 aromatic carbocycles. The van der Waals surface area contributed by atoms with E-state index in [-0.39, 0.29) is 6.61 Å². The van der Waals surface area contributed by atoms with Crippen molar-refractivity contribution in [2.75, 3.05) is 6.61 Å². The van der Waals surface area contributed by atoms with Gasteiger partial charge < -0.3 is 0 Å². The predicted molar refractivity (Wildman–Crippen MR) is 64.7 cm³/mol. The highest BCUT2D eigenvalue weighted by molar-refractivity contribution is 7.80. The topological polar surface area (TPSA) is 63.6 Å². The Kier molecular flexibility index (Phi) is 8.89. The van der Waals surface area contributed by atoms with Crippen LogP contribution in [0.3, 0.4) is 0 Å². The van der Waals surface area contributed by atoms with Gasteiger partial charge in [-0.1, -0.05) is 52.4 Å². The molecule has 16 heavy (non-hydrogen) atoms. The molecule has 0 amide bonds. The smallest absolute Gasteiger partial charge is 0.264 e. The van der Waals surface area contributed by atoms with E-state index in [1.54, 1.807) is 0 Å². The fourth-order valence-corrected chi connectivity index (χ4v) is 1.85. The van der Waals surface area contributed by atoms with Crippen molar-refractivity contribution in [2.24, 2.45) is 5.92 Å². The fourth-order valence-electron chi connectivity index (χ4n) is 1.53. The van der Waals surface area contributed by atoms with Gasteiger partial charge in [-0.15, -0.1) is 0 Å². The lowest BCUT2D eigenvalue weighted by Crippen LogP contribution is -2.04. The van der Waals surface area contributed by atoms with E-state index < -0.39 is 10.4 Å². The van der Waals surface area contributed by atoms with E-state index in [0.717, 1.165) is 18.8 Å². The van der Waals surface area contributed by atoms with Gasteiger partial charge in [0.1, 0.15) is 0 Å². The second kappa shape index (κ2) is 8.96. The summed E-state index contributed by atoms with van der Waals surface area (Å²) in [6.07, 6.45) is 7.75. The van der Waals surface area contributed by atoms with Gasteiger partial charge in [-0.25, -0.2) is 4.18 Å². The fraction of sp³-hybridized carbons (Fsp3) is 1.00. The molecule has 1 N–H and O–H groups in total. The number of rotatable bonds is 10. The minimum absolute atomic E-state index is 0.0881. The molecule has 4 nitrogen and oxygen atoms in total. The van der Waals surface area contributed by atoms with E-state index in [1.165, 1.54) is 25.7 Å². The van der Waals surface area contributed by atoms with Crippen molar-refractivity contribution < 1.29 is 17.2 Å². The standard InChI is InChI=1S/C11H24O4S/c1-11(2)9-7-5-3-4-6-8-10-15-16(12,13)14/h11H,3-10H2,1-2H3,(H,12,13,14). The Morgan fingerprint density at radius 1 is 1.00 bits per heavy atom. The molecule has 0 spiro atoms. The molecular weight excluding hydrogens is 228 g/mol. The van der Waals surface area contributed by atoms with Crippen molar-refractivity contribution in [3.05, 3.63) is 0 Å². The first-order valence-electron chi connectivity index (χ1n) is 6.03. The minimum atomic E-state index is -4.24. The summed E-state index contributed by atoms with van der Waals surface area (Å²) in [5.74, 6) is 0.781. The molecule has 0 aliphatic carbocycles. The third-order valence-electron chi connectivity index (χ3n) is 2.41. The van der Waals surface area contributed by atoms with E-state index in [9.17, 15) is 8.42 Å². The van der Waals surface area contributed by atoms with Crippen LogP contribution < -0.4 is 0 Å². The molecule has 5 heteroatoms. The summed E-state index contributed by atoms with van der Waals surface area (Å²) in [7, 11) is -4.24. The largest absolute Gasteiger partial charge is 0.397 e. The van der Waals surface area contributed by atoms with Crippen LogP contribution in [0.5, 0.6) is 0 Å². The summed E-state index contributed by atoms with van der Waals surface area (Å²) in [6.45, 7) is 4.55. The van der Waals surface area contributed by atoms with E-state index in [0.29, 0.717) is 6.42 Å². The lowest BCUT2D eigenvalue weighted by molar-refractivity contribution is 0.261. The Bertz CT molecular complexity index is 247. The minimum Gasteiger partial charge on any atom is -0.264 e. The molecule has 0 saturated carbocycles. The van der Waals surface area contributed by atoms with Gasteiger partial charge in [0.25, 0.3) is 0 Å². The highest BCUT2D eigenvalue weighted by atomic mass is 32.3. The maximum Gasteiger partial charge on any atom is 0.397 e. The van der Waals surface area contributed by atoms with Crippen LogP contribution in [0.25, 0.3) is 0 Å². The molecule has 0 rings (SSSR count). The summed E-state index contributed by atoms with van der Waals surface area (Å²) in [4.78, 5) is 0. The number of hydrogen-bond donors (Lipinski definition) is 1. The molecule has 0 saturated heterocycles. The van der Waals surface area contributed by atoms with Gasteiger partial charge in [-0.05, 0) is 12.3 Å². The average molecular weight is 252 g/mol. The number of hydrogen-bond acceptors (Lipinski definition) is 3. The van der Waals surface area contributed by atoms with Crippen molar-refractivity contribution in [1.82, 2.24) is 0 Å². The predicted octanol–water partition coefficient (Wildman–Crippen LogP) is 3.19. The van der Waals surface area contributed by atoms with Crippen LogP contribution >= 0.6 is 0 Å². The van der Waals surface area contributed by atoms with E-state index in [2.05, 4.69) is 18.0 Å². The highest BCUT2D eigenvalue weighted by Gasteiger charge is 2.02. The zero-order chi connectivity index (χ0) is 12.4. The van der Waals surface area contributed by atoms with Crippen LogP contribution in [-0.4, -0.2) is 19.6 Å². The average Bonchev–Trinajstić information content (AvgIpc) is 2.13. The molecule has 0 aromatic heterocycles. The summed E-state index contributed by atoms with van der Waals surface area (Å²) >= 11 is 0. The van der Waals surface area contributed by atoms with Crippen molar-refractivity contribution in [2.45, 2.75) is 58.8 Å². The first-order valence-corrected chi connectivity index (χ1v) is 7.40. The van der Waals surface area contributed by atoms with E-state index in [4.69, 9.17) is 4.55 Å². The van der Waals surface area contributed by atoms with Crippen molar-refractivity contribution in [3.8, 4) is 0 Å².